The predicted octanol–water partition coefficient (Wildman–Crippen LogP) is 0.140. The summed E-state index contributed by atoms with van der Waals surface area (Å²) in [5.41, 5.74) is 6.48. The van der Waals surface area contributed by atoms with Gasteiger partial charge in [0, 0.05) is 12.2 Å². The van der Waals surface area contributed by atoms with Gasteiger partial charge in [0.05, 0.1) is 6.04 Å². The van der Waals surface area contributed by atoms with Crippen LogP contribution in [0.25, 0.3) is 0 Å². The van der Waals surface area contributed by atoms with Crippen molar-refractivity contribution >= 4 is 48.1 Å². The third-order valence-electron chi connectivity index (χ3n) is 5.02. The van der Waals surface area contributed by atoms with Crippen LogP contribution in [0.4, 0.5) is 0 Å². The van der Waals surface area contributed by atoms with E-state index in [0.29, 0.717) is 17.7 Å². The van der Waals surface area contributed by atoms with E-state index >= 15 is 0 Å². The summed E-state index contributed by atoms with van der Waals surface area (Å²) in [6.07, 6.45) is 2.36. The Morgan fingerprint density at radius 1 is 1.00 bits per heavy atom. The lowest BCUT2D eigenvalue weighted by atomic mass is 10.0. The number of carbonyl (C=O) groups excluding carboxylic acids is 3. The van der Waals surface area contributed by atoms with Crippen LogP contribution in [0, 0.1) is 5.92 Å². The van der Waals surface area contributed by atoms with E-state index in [4.69, 9.17) is 5.73 Å². The van der Waals surface area contributed by atoms with Gasteiger partial charge in [-0.2, -0.15) is 24.4 Å². The smallest absolute Gasteiger partial charge is 0.326 e. The first-order valence-corrected chi connectivity index (χ1v) is 12.8. The van der Waals surface area contributed by atoms with Gasteiger partial charge in [0.25, 0.3) is 0 Å². The van der Waals surface area contributed by atoms with Crippen molar-refractivity contribution in [1.29, 1.82) is 0 Å². The molecule has 190 valence electrons. The Labute approximate surface area is 209 Å². The van der Waals surface area contributed by atoms with Crippen LogP contribution in [-0.2, 0) is 25.6 Å². The van der Waals surface area contributed by atoms with Crippen LogP contribution in [0.1, 0.15) is 25.8 Å². The molecule has 12 heteroatoms. The molecule has 0 bridgehead atoms. The minimum absolute atomic E-state index is 0.0305. The summed E-state index contributed by atoms with van der Waals surface area (Å²) in [6, 6.07) is 1.92. The molecule has 0 saturated heterocycles. The molecule has 4 atom stereocenters. The summed E-state index contributed by atoms with van der Waals surface area (Å²) >= 11 is 5.68. The standard InChI is InChI=1S/C22H34N4O6S2/c1-12(2)18(22(31)32)26-20(29)16(10-13-4-6-14(27)7-5-13)24-21(30)17(11-33)25-19(28)15(23)8-9-34-3/h4-7,12,15-18,27,33H,8-11,23H2,1-3H3,(H,24,30)(H,25,28)(H,26,29)(H,31,32). The number of carboxylic acid groups (broad SMARTS) is 1. The van der Waals surface area contributed by atoms with Gasteiger partial charge in [0.2, 0.25) is 17.7 Å². The molecule has 1 aromatic rings. The highest BCUT2D eigenvalue weighted by Gasteiger charge is 2.31. The highest BCUT2D eigenvalue weighted by molar-refractivity contribution is 7.98. The molecule has 0 aliphatic heterocycles. The molecular weight excluding hydrogens is 480 g/mol. The number of hydrogen-bond acceptors (Lipinski definition) is 8. The molecule has 3 amide bonds. The molecule has 0 aliphatic rings. The third kappa shape index (κ3) is 9.82. The average molecular weight is 515 g/mol. The quantitative estimate of drug-likeness (QED) is 0.172. The second-order valence-electron chi connectivity index (χ2n) is 8.13. The number of nitrogens with one attached hydrogen (secondary N) is 3. The van der Waals surface area contributed by atoms with Gasteiger partial charge in [-0.05, 0) is 42.0 Å². The summed E-state index contributed by atoms with van der Waals surface area (Å²) in [6.45, 7) is 3.30. The molecule has 10 nitrogen and oxygen atoms in total. The predicted molar refractivity (Wildman–Crippen MR) is 135 cm³/mol. The number of hydrogen-bond donors (Lipinski definition) is 7. The number of nitrogens with two attached hydrogens (primary N) is 1. The van der Waals surface area contributed by atoms with Gasteiger partial charge in [-0.15, -0.1) is 0 Å². The normalized spacial score (nSPS) is 14.5. The Morgan fingerprint density at radius 2 is 1.56 bits per heavy atom. The van der Waals surface area contributed by atoms with Crippen LogP contribution in [0.5, 0.6) is 5.75 Å². The fraction of sp³-hybridized carbons (Fsp3) is 0.545. The van der Waals surface area contributed by atoms with E-state index in [2.05, 4.69) is 28.6 Å². The van der Waals surface area contributed by atoms with E-state index in [1.807, 2.05) is 6.26 Å². The van der Waals surface area contributed by atoms with Crippen molar-refractivity contribution in [1.82, 2.24) is 16.0 Å². The van der Waals surface area contributed by atoms with E-state index in [-0.39, 0.29) is 17.9 Å². The number of carboxylic acids is 1. The molecule has 0 aliphatic carbocycles. The second kappa shape index (κ2) is 14.7. The summed E-state index contributed by atoms with van der Waals surface area (Å²) in [7, 11) is 0. The van der Waals surface area contributed by atoms with Gasteiger partial charge < -0.3 is 31.9 Å². The SMILES string of the molecule is CSCCC(N)C(=O)NC(CS)C(=O)NC(Cc1ccc(O)cc1)C(=O)NC(C(=O)O)C(C)C. The lowest BCUT2D eigenvalue weighted by molar-refractivity contribution is -0.143. The fourth-order valence-electron chi connectivity index (χ4n) is 2.97. The van der Waals surface area contributed by atoms with Gasteiger partial charge in [0.15, 0.2) is 0 Å². The van der Waals surface area contributed by atoms with Gasteiger partial charge in [-0.1, -0.05) is 26.0 Å². The number of thioether (sulfide) groups is 1. The van der Waals surface area contributed by atoms with Crippen LogP contribution in [0.3, 0.4) is 0 Å². The maximum absolute atomic E-state index is 13.0. The van der Waals surface area contributed by atoms with E-state index in [1.54, 1.807) is 37.7 Å². The van der Waals surface area contributed by atoms with Crippen molar-refractivity contribution in [3.63, 3.8) is 0 Å². The molecule has 4 unspecified atom stereocenters. The Bertz CT molecular complexity index is 837. The van der Waals surface area contributed by atoms with Crippen LogP contribution in [-0.4, -0.2) is 75.8 Å². The van der Waals surface area contributed by atoms with Crippen LogP contribution in [0.2, 0.25) is 0 Å². The van der Waals surface area contributed by atoms with Gasteiger partial charge >= 0.3 is 5.97 Å². The number of aromatic hydroxyl groups is 1. The Kier molecular flexibility index (Phi) is 12.8. The van der Waals surface area contributed by atoms with Crippen molar-refractivity contribution in [2.75, 3.05) is 17.8 Å². The first-order chi connectivity index (χ1) is 16.0. The number of amides is 3. The van der Waals surface area contributed by atoms with Crippen LogP contribution >= 0.6 is 24.4 Å². The maximum Gasteiger partial charge on any atom is 0.326 e. The number of carbonyl (C=O) groups is 4. The minimum Gasteiger partial charge on any atom is -0.508 e. The summed E-state index contributed by atoms with van der Waals surface area (Å²) in [5, 5.41) is 26.5. The number of benzene rings is 1. The highest BCUT2D eigenvalue weighted by atomic mass is 32.2. The highest BCUT2D eigenvalue weighted by Crippen LogP contribution is 2.12. The molecule has 0 heterocycles. The van der Waals surface area contributed by atoms with E-state index in [9.17, 15) is 29.4 Å². The fourth-order valence-corrected chi connectivity index (χ4v) is 3.71. The summed E-state index contributed by atoms with van der Waals surface area (Å²) in [5.74, 6) is -2.76. The van der Waals surface area contributed by atoms with Gasteiger partial charge in [-0.3, -0.25) is 14.4 Å². The molecule has 1 aromatic carbocycles. The number of phenols is 1. The topological polar surface area (TPSA) is 171 Å². The zero-order valence-electron chi connectivity index (χ0n) is 19.5. The molecule has 1 rings (SSSR count). The Morgan fingerprint density at radius 3 is 2.06 bits per heavy atom. The van der Waals surface area contributed by atoms with Crippen molar-refractivity contribution < 1.29 is 29.4 Å². The van der Waals surface area contributed by atoms with E-state index in [1.165, 1.54) is 12.1 Å². The summed E-state index contributed by atoms with van der Waals surface area (Å²) in [4.78, 5) is 49.7. The molecule has 0 fully saturated rings. The zero-order valence-corrected chi connectivity index (χ0v) is 21.2. The number of thiol groups is 1. The molecule has 0 spiro atoms. The average Bonchev–Trinajstić information content (AvgIpc) is 2.79. The Hall–Kier alpha value is -2.44. The van der Waals surface area contributed by atoms with Gasteiger partial charge in [0.1, 0.15) is 23.9 Å². The van der Waals surface area contributed by atoms with Crippen molar-refractivity contribution in [3.8, 4) is 5.75 Å². The number of phenolic OH excluding ortho intramolecular Hbond substituents is 1. The van der Waals surface area contributed by atoms with Crippen molar-refractivity contribution in [2.24, 2.45) is 11.7 Å². The van der Waals surface area contributed by atoms with E-state index < -0.39 is 53.8 Å². The molecular formula is C22H34N4O6S2. The molecule has 7 N–H and O–H groups in total. The lowest BCUT2D eigenvalue weighted by Crippen LogP contribution is -2.58. The molecule has 34 heavy (non-hydrogen) atoms. The zero-order chi connectivity index (χ0) is 25.8. The maximum atomic E-state index is 13.0. The molecule has 0 saturated carbocycles. The summed E-state index contributed by atoms with van der Waals surface area (Å²) < 4.78 is 0. The van der Waals surface area contributed by atoms with Crippen molar-refractivity contribution in [2.45, 2.75) is 50.9 Å². The Balaban J connectivity index is 3.02. The first-order valence-electron chi connectivity index (χ1n) is 10.8. The number of aliphatic carboxylic acids is 1. The molecule has 0 aromatic heterocycles. The lowest BCUT2D eigenvalue weighted by Gasteiger charge is -2.25. The number of rotatable bonds is 14. The minimum atomic E-state index is -1.20. The van der Waals surface area contributed by atoms with E-state index in [0.717, 1.165) is 0 Å². The first kappa shape index (κ1) is 29.6. The van der Waals surface area contributed by atoms with Gasteiger partial charge in [-0.25, -0.2) is 4.79 Å². The third-order valence-corrected chi connectivity index (χ3v) is 6.03. The van der Waals surface area contributed by atoms with Crippen molar-refractivity contribution in [3.05, 3.63) is 29.8 Å². The second-order valence-corrected chi connectivity index (χ2v) is 9.48. The van der Waals surface area contributed by atoms with Crippen LogP contribution < -0.4 is 21.7 Å². The van der Waals surface area contributed by atoms with Crippen LogP contribution in [0.15, 0.2) is 24.3 Å². The largest absolute Gasteiger partial charge is 0.508 e. The molecule has 0 radical (unpaired) electrons. The monoisotopic (exact) mass is 514 g/mol.